The third-order valence-corrected chi connectivity index (χ3v) is 5.12. The van der Waals surface area contributed by atoms with Crippen LogP contribution in [0.5, 0.6) is 5.75 Å². The van der Waals surface area contributed by atoms with Gasteiger partial charge in [0.15, 0.2) is 5.78 Å². The Morgan fingerprint density at radius 2 is 2.14 bits per heavy atom. The first kappa shape index (κ1) is 15.2. The van der Waals surface area contributed by atoms with Crippen molar-refractivity contribution in [2.24, 2.45) is 5.92 Å². The van der Waals surface area contributed by atoms with Crippen LogP contribution in [0, 0.1) is 5.92 Å². The summed E-state index contributed by atoms with van der Waals surface area (Å²) in [7, 11) is 2.02. The van der Waals surface area contributed by atoms with Gasteiger partial charge in [-0.25, -0.2) is 0 Å². The third kappa shape index (κ3) is 2.26. The Balaban J connectivity index is 1.99. The molecule has 4 nitrogen and oxygen atoms in total. The van der Waals surface area contributed by atoms with Crippen LogP contribution in [0.1, 0.15) is 38.3 Å². The second kappa shape index (κ2) is 5.20. The molecule has 1 aromatic carbocycles. The molecule has 3 rings (SSSR count). The van der Waals surface area contributed by atoms with Crippen LogP contribution in [0.4, 0.5) is 0 Å². The van der Waals surface area contributed by atoms with Gasteiger partial charge in [-0.1, -0.05) is 19.9 Å². The molecule has 1 aliphatic carbocycles. The number of rotatable bonds is 2. The van der Waals surface area contributed by atoms with Crippen LogP contribution in [0.15, 0.2) is 18.2 Å². The van der Waals surface area contributed by atoms with Crippen molar-refractivity contribution in [2.75, 3.05) is 13.6 Å². The van der Waals surface area contributed by atoms with Crippen LogP contribution < -0.4 is 4.74 Å². The Labute approximate surface area is 131 Å². The predicted molar refractivity (Wildman–Crippen MR) is 84.0 cm³/mol. The highest BCUT2D eigenvalue weighted by atomic mass is 16.5. The van der Waals surface area contributed by atoms with Gasteiger partial charge in [0.05, 0.1) is 17.4 Å². The molecule has 1 heterocycles. The fourth-order valence-electron chi connectivity index (χ4n) is 3.52. The molecular formula is C18H23NO3. The van der Waals surface area contributed by atoms with Crippen molar-refractivity contribution in [3.05, 3.63) is 29.3 Å². The largest absolute Gasteiger partial charge is 0.426 e. The number of nitrogens with zero attached hydrogens (tertiary/aromatic N) is 1. The van der Waals surface area contributed by atoms with E-state index in [9.17, 15) is 9.59 Å². The number of hydrogen-bond acceptors (Lipinski definition) is 4. The molecule has 0 amide bonds. The van der Waals surface area contributed by atoms with E-state index in [1.165, 1.54) is 5.56 Å². The molecule has 2 unspecified atom stereocenters. The molecule has 1 fully saturated rings. The summed E-state index contributed by atoms with van der Waals surface area (Å²) in [6.07, 6.45) is 1.56. The molecule has 2 aliphatic rings. The summed E-state index contributed by atoms with van der Waals surface area (Å²) in [4.78, 5) is 26.7. The lowest BCUT2D eigenvalue weighted by Crippen LogP contribution is -2.58. The monoisotopic (exact) mass is 301 g/mol. The summed E-state index contributed by atoms with van der Waals surface area (Å²) < 4.78 is 5.42. The predicted octanol–water partition coefficient (Wildman–Crippen LogP) is 2.33. The summed E-state index contributed by atoms with van der Waals surface area (Å²) in [6.45, 7) is 6.57. The fraction of sp³-hybridized carbons (Fsp3) is 0.556. The number of ketones is 1. The molecule has 22 heavy (non-hydrogen) atoms. The zero-order valence-corrected chi connectivity index (χ0v) is 13.7. The molecule has 0 saturated carbocycles. The number of Topliss-reactive ketones (excluding diaryl/α,β-unsaturated/α-hetero) is 1. The van der Waals surface area contributed by atoms with Gasteiger partial charge >= 0.3 is 5.97 Å². The first-order chi connectivity index (χ1) is 10.3. The lowest BCUT2D eigenvalue weighted by Gasteiger charge is -2.47. The van der Waals surface area contributed by atoms with Crippen molar-refractivity contribution in [1.82, 2.24) is 4.90 Å². The van der Waals surface area contributed by atoms with Gasteiger partial charge in [0.1, 0.15) is 5.75 Å². The Kier molecular flexibility index (Phi) is 3.60. The second-order valence-electron chi connectivity index (χ2n) is 7.04. The molecule has 2 atom stereocenters. The number of ether oxygens (including phenoxy) is 1. The summed E-state index contributed by atoms with van der Waals surface area (Å²) >= 11 is 0. The molecular weight excluding hydrogens is 278 g/mol. The Bertz CT molecular complexity index is 637. The minimum atomic E-state index is -0.453. The van der Waals surface area contributed by atoms with E-state index in [0.717, 1.165) is 24.9 Å². The number of hydrogen-bond donors (Lipinski definition) is 0. The standard InChI is InChI=1S/C18H23NO3/c1-11(2)17(21)22-13-6-5-12-9-15-16(20)18(3,14(12)10-13)7-8-19(15)4/h5-6,10-11,15H,7-9H2,1-4H3. The summed E-state index contributed by atoms with van der Waals surface area (Å²) in [5.74, 6) is 0.430. The van der Waals surface area contributed by atoms with E-state index < -0.39 is 5.41 Å². The highest BCUT2D eigenvalue weighted by Crippen LogP contribution is 2.43. The summed E-state index contributed by atoms with van der Waals surface area (Å²) in [5.41, 5.74) is 1.78. The number of likely N-dealkylation sites (tertiary alicyclic amines) is 1. The van der Waals surface area contributed by atoms with E-state index in [1.54, 1.807) is 0 Å². The van der Waals surface area contributed by atoms with Crippen molar-refractivity contribution in [1.29, 1.82) is 0 Å². The van der Waals surface area contributed by atoms with Crippen LogP contribution in [0.25, 0.3) is 0 Å². The topological polar surface area (TPSA) is 46.6 Å². The normalized spacial score (nSPS) is 27.7. The molecule has 0 N–H and O–H groups in total. The Morgan fingerprint density at radius 3 is 2.82 bits per heavy atom. The van der Waals surface area contributed by atoms with Crippen LogP contribution in [-0.4, -0.2) is 36.3 Å². The fourth-order valence-corrected chi connectivity index (χ4v) is 3.52. The maximum absolute atomic E-state index is 12.8. The number of likely N-dealkylation sites (N-methyl/N-ethyl adjacent to an activating group) is 1. The third-order valence-electron chi connectivity index (χ3n) is 5.12. The molecule has 1 aromatic rings. The number of carbonyl (C=O) groups is 2. The maximum atomic E-state index is 12.8. The number of piperidine rings is 1. The van der Waals surface area contributed by atoms with Crippen LogP contribution in [0.2, 0.25) is 0 Å². The summed E-state index contributed by atoms with van der Waals surface area (Å²) in [5, 5.41) is 0. The quantitative estimate of drug-likeness (QED) is 0.621. The Hall–Kier alpha value is -1.68. The molecule has 4 heteroatoms. The average Bonchev–Trinajstić information content (AvgIpc) is 2.47. The molecule has 0 aromatic heterocycles. The van der Waals surface area contributed by atoms with Crippen molar-refractivity contribution < 1.29 is 14.3 Å². The van der Waals surface area contributed by atoms with Crippen molar-refractivity contribution in [3.8, 4) is 5.75 Å². The highest BCUT2D eigenvalue weighted by molar-refractivity contribution is 5.97. The maximum Gasteiger partial charge on any atom is 0.313 e. The van der Waals surface area contributed by atoms with Gasteiger partial charge in [0.2, 0.25) is 0 Å². The van der Waals surface area contributed by atoms with Gasteiger partial charge < -0.3 is 4.74 Å². The molecule has 0 radical (unpaired) electrons. The minimum absolute atomic E-state index is 0.0182. The zero-order valence-electron chi connectivity index (χ0n) is 13.7. The molecule has 1 aliphatic heterocycles. The second-order valence-corrected chi connectivity index (χ2v) is 7.04. The van der Waals surface area contributed by atoms with Crippen LogP contribution >= 0.6 is 0 Å². The van der Waals surface area contributed by atoms with Crippen LogP contribution in [0.3, 0.4) is 0 Å². The number of carbonyl (C=O) groups excluding carboxylic acids is 2. The van der Waals surface area contributed by atoms with E-state index >= 15 is 0 Å². The van der Waals surface area contributed by atoms with Gasteiger partial charge in [0.25, 0.3) is 0 Å². The smallest absolute Gasteiger partial charge is 0.313 e. The SMILES string of the molecule is CC(C)C(=O)Oc1ccc2c(c1)C1(C)CCN(C)C(C2)C1=O. The van der Waals surface area contributed by atoms with Gasteiger partial charge in [0, 0.05) is 0 Å². The zero-order chi connectivity index (χ0) is 16.1. The van der Waals surface area contributed by atoms with E-state index in [2.05, 4.69) is 4.90 Å². The van der Waals surface area contributed by atoms with E-state index in [-0.39, 0.29) is 17.9 Å². The van der Waals surface area contributed by atoms with Crippen molar-refractivity contribution in [3.63, 3.8) is 0 Å². The van der Waals surface area contributed by atoms with E-state index in [4.69, 9.17) is 4.74 Å². The van der Waals surface area contributed by atoms with Gasteiger partial charge in [-0.05, 0) is 56.6 Å². The Morgan fingerprint density at radius 1 is 1.41 bits per heavy atom. The van der Waals surface area contributed by atoms with Gasteiger partial charge in [-0.15, -0.1) is 0 Å². The van der Waals surface area contributed by atoms with Crippen molar-refractivity contribution in [2.45, 2.75) is 45.1 Å². The number of esters is 1. The van der Waals surface area contributed by atoms with Crippen molar-refractivity contribution >= 4 is 11.8 Å². The van der Waals surface area contributed by atoms with Gasteiger partial charge in [-0.2, -0.15) is 0 Å². The highest BCUT2D eigenvalue weighted by Gasteiger charge is 2.49. The number of benzene rings is 1. The summed E-state index contributed by atoms with van der Waals surface area (Å²) in [6, 6.07) is 5.73. The molecule has 0 spiro atoms. The lowest BCUT2D eigenvalue weighted by molar-refractivity contribution is -0.137. The van der Waals surface area contributed by atoms with E-state index in [1.807, 2.05) is 46.0 Å². The lowest BCUT2D eigenvalue weighted by atomic mass is 9.64. The number of fused-ring (bicyclic) bond motifs is 4. The first-order valence-corrected chi connectivity index (χ1v) is 7.92. The average molecular weight is 301 g/mol. The van der Waals surface area contributed by atoms with Gasteiger partial charge in [-0.3, -0.25) is 14.5 Å². The molecule has 118 valence electrons. The van der Waals surface area contributed by atoms with E-state index in [0.29, 0.717) is 11.5 Å². The minimum Gasteiger partial charge on any atom is -0.426 e. The molecule has 2 bridgehead atoms. The van der Waals surface area contributed by atoms with Crippen LogP contribution in [-0.2, 0) is 21.4 Å². The molecule has 1 saturated heterocycles. The first-order valence-electron chi connectivity index (χ1n) is 7.92.